The maximum Gasteiger partial charge on any atom is 0.119 e. The van der Waals surface area contributed by atoms with Gasteiger partial charge in [-0.2, -0.15) is 0 Å². The summed E-state index contributed by atoms with van der Waals surface area (Å²) in [7, 11) is 0. The van der Waals surface area contributed by atoms with Crippen LogP contribution in [0.1, 0.15) is 66.2 Å². The molecule has 0 amide bonds. The van der Waals surface area contributed by atoms with Gasteiger partial charge < -0.3 is 14.9 Å². The van der Waals surface area contributed by atoms with Crippen LogP contribution in [-0.4, -0.2) is 41.4 Å². The lowest BCUT2D eigenvalue weighted by Gasteiger charge is -2.32. The van der Waals surface area contributed by atoms with E-state index in [1.807, 2.05) is 18.2 Å². The summed E-state index contributed by atoms with van der Waals surface area (Å²) in [5, 5.41) is 19.9. The normalized spacial score (nSPS) is 20.8. The number of hydrogen-bond acceptors (Lipinski definition) is 4. The first-order valence-corrected chi connectivity index (χ1v) is 12.2. The maximum atomic E-state index is 10.2. The first-order valence-electron chi connectivity index (χ1n) is 12.2. The van der Waals surface area contributed by atoms with Gasteiger partial charge in [0.05, 0.1) is 0 Å². The van der Waals surface area contributed by atoms with Crippen LogP contribution in [0.3, 0.4) is 0 Å². The zero-order valence-electron chi connectivity index (χ0n) is 19.1. The molecule has 0 saturated carbocycles. The van der Waals surface area contributed by atoms with E-state index in [0.29, 0.717) is 11.7 Å². The molecule has 1 heterocycles. The maximum absolute atomic E-state index is 10.2. The number of ether oxygens (including phenoxy) is 1. The predicted octanol–water partition coefficient (Wildman–Crippen LogP) is 6.02. The molecule has 4 heteroatoms. The Morgan fingerprint density at radius 3 is 2.00 bits per heavy atom. The molecular weight excluding hydrogens is 410 g/mol. The van der Waals surface area contributed by atoms with E-state index in [2.05, 4.69) is 35.2 Å². The average Bonchev–Trinajstić information content (AvgIpc) is 2.85. The molecule has 5 rings (SSSR count). The molecule has 2 aliphatic rings. The minimum atomic E-state index is 0.223. The predicted molar refractivity (Wildman–Crippen MR) is 131 cm³/mol. The lowest BCUT2D eigenvalue weighted by molar-refractivity contribution is 0.183. The van der Waals surface area contributed by atoms with Gasteiger partial charge in [0.25, 0.3) is 0 Å². The van der Waals surface area contributed by atoms with E-state index >= 15 is 0 Å². The molecular formula is C29H33NO3. The van der Waals surface area contributed by atoms with Crippen LogP contribution in [0.25, 0.3) is 0 Å². The van der Waals surface area contributed by atoms with Crippen LogP contribution >= 0.6 is 0 Å². The Morgan fingerprint density at radius 1 is 0.697 bits per heavy atom. The summed E-state index contributed by atoms with van der Waals surface area (Å²) in [4.78, 5) is 2.50. The van der Waals surface area contributed by atoms with Crippen molar-refractivity contribution in [3.8, 4) is 17.2 Å². The van der Waals surface area contributed by atoms with Gasteiger partial charge in [-0.3, -0.25) is 4.90 Å². The van der Waals surface area contributed by atoms with Gasteiger partial charge in [0.15, 0.2) is 0 Å². The van der Waals surface area contributed by atoms with E-state index in [1.165, 1.54) is 54.6 Å². The summed E-state index contributed by atoms with van der Waals surface area (Å²) in [5.41, 5.74) is 4.92. The quantitative estimate of drug-likeness (QED) is 0.489. The van der Waals surface area contributed by atoms with E-state index in [4.69, 9.17) is 4.74 Å². The number of rotatable bonds is 6. The van der Waals surface area contributed by atoms with Crippen LogP contribution in [0.4, 0.5) is 0 Å². The number of aromatic hydroxyl groups is 2. The van der Waals surface area contributed by atoms with Gasteiger partial charge in [-0.05, 0) is 97.4 Å². The van der Waals surface area contributed by atoms with Gasteiger partial charge in [0.2, 0.25) is 0 Å². The first-order chi connectivity index (χ1) is 16.2. The van der Waals surface area contributed by atoms with Crippen molar-refractivity contribution in [2.24, 2.45) is 0 Å². The molecule has 0 unspecified atom stereocenters. The van der Waals surface area contributed by atoms with Crippen LogP contribution in [0.2, 0.25) is 0 Å². The van der Waals surface area contributed by atoms with Crippen molar-refractivity contribution in [2.75, 3.05) is 26.2 Å². The summed E-state index contributed by atoms with van der Waals surface area (Å²) >= 11 is 0. The van der Waals surface area contributed by atoms with E-state index in [-0.39, 0.29) is 11.7 Å². The first kappa shape index (κ1) is 21.8. The highest BCUT2D eigenvalue weighted by Gasteiger charge is 2.29. The number of phenols is 2. The minimum Gasteiger partial charge on any atom is -0.508 e. The Kier molecular flexibility index (Phi) is 6.54. The van der Waals surface area contributed by atoms with Gasteiger partial charge in [-0.25, -0.2) is 0 Å². The summed E-state index contributed by atoms with van der Waals surface area (Å²) < 4.78 is 6.03. The Morgan fingerprint density at radius 2 is 1.30 bits per heavy atom. The second-order valence-corrected chi connectivity index (χ2v) is 9.41. The van der Waals surface area contributed by atoms with Crippen molar-refractivity contribution >= 4 is 0 Å². The fourth-order valence-electron chi connectivity index (χ4n) is 5.50. The van der Waals surface area contributed by atoms with E-state index in [9.17, 15) is 10.2 Å². The number of nitrogens with zero attached hydrogens (tertiary/aromatic N) is 1. The molecule has 4 nitrogen and oxygen atoms in total. The third-order valence-corrected chi connectivity index (χ3v) is 7.27. The molecule has 0 spiro atoms. The van der Waals surface area contributed by atoms with Gasteiger partial charge >= 0.3 is 0 Å². The second-order valence-electron chi connectivity index (χ2n) is 9.41. The lowest BCUT2D eigenvalue weighted by atomic mass is 9.72. The van der Waals surface area contributed by atoms with Crippen LogP contribution in [0.15, 0.2) is 66.7 Å². The number of benzene rings is 3. The van der Waals surface area contributed by atoms with Gasteiger partial charge in [-0.1, -0.05) is 36.8 Å². The third-order valence-electron chi connectivity index (χ3n) is 7.27. The Hall–Kier alpha value is -2.98. The molecule has 172 valence electrons. The number of likely N-dealkylation sites (tertiary alicyclic amines) is 1. The zero-order valence-corrected chi connectivity index (χ0v) is 19.1. The molecule has 0 bridgehead atoms. The molecule has 2 N–H and O–H groups in total. The van der Waals surface area contributed by atoms with Crippen molar-refractivity contribution in [1.82, 2.24) is 4.90 Å². The number of fused-ring (bicyclic) bond motifs is 1. The van der Waals surface area contributed by atoms with Gasteiger partial charge in [0.1, 0.15) is 23.9 Å². The Balaban J connectivity index is 1.30. The molecule has 2 atom stereocenters. The van der Waals surface area contributed by atoms with Crippen molar-refractivity contribution < 1.29 is 14.9 Å². The summed E-state index contributed by atoms with van der Waals surface area (Å²) in [5.74, 6) is 2.04. The van der Waals surface area contributed by atoms with Gasteiger partial charge in [-0.15, -0.1) is 0 Å². The summed E-state index contributed by atoms with van der Waals surface area (Å²) in [6.07, 6.45) is 6.02. The summed E-state index contributed by atoms with van der Waals surface area (Å²) in [6, 6.07) is 21.8. The van der Waals surface area contributed by atoms with Crippen LogP contribution in [0.5, 0.6) is 17.2 Å². The Bertz CT molecular complexity index is 1060. The largest absolute Gasteiger partial charge is 0.508 e. The minimum absolute atomic E-state index is 0.223. The van der Waals surface area contributed by atoms with Crippen molar-refractivity contribution in [3.05, 3.63) is 89.0 Å². The SMILES string of the molecule is Oc1ccc([C@@H]2CC[C@H](c3ccc(OCCN4CCCCC4)cc3)c3ccc(O)cc32)cc1. The molecule has 1 aliphatic carbocycles. The molecule has 1 saturated heterocycles. The highest BCUT2D eigenvalue weighted by molar-refractivity contribution is 5.49. The molecule has 1 fully saturated rings. The van der Waals surface area contributed by atoms with Crippen molar-refractivity contribution in [3.63, 3.8) is 0 Å². The third kappa shape index (κ3) is 5.01. The van der Waals surface area contributed by atoms with Crippen molar-refractivity contribution in [2.45, 2.75) is 43.9 Å². The molecule has 33 heavy (non-hydrogen) atoms. The molecule has 0 aromatic heterocycles. The molecule has 0 radical (unpaired) electrons. The average molecular weight is 444 g/mol. The smallest absolute Gasteiger partial charge is 0.119 e. The number of piperidine rings is 1. The fourth-order valence-corrected chi connectivity index (χ4v) is 5.50. The summed E-state index contributed by atoms with van der Waals surface area (Å²) in [6.45, 7) is 4.13. The standard InChI is InChI=1S/C29H33NO3/c31-23-8-4-21(5-9-23)27-15-14-26(28-13-10-24(32)20-29(27)28)22-6-11-25(12-7-22)33-19-18-30-16-2-1-3-17-30/h4-13,20,26-27,31-32H,1-3,14-19H2/t26-,27+/m1/s1. The highest BCUT2D eigenvalue weighted by Crippen LogP contribution is 2.46. The monoisotopic (exact) mass is 443 g/mol. The number of phenolic OH excluding ortho intramolecular Hbond substituents is 2. The fraction of sp³-hybridized carbons (Fsp3) is 0.379. The van der Waals surface area contributed by atoms with Crippen LogP contribution in [-0.2, 0) is 0 Å². The van der Waals surface area contributed by atoms with Crippen molar-refractivity contribution in [1.29, 1.82) is 0 Å². The van der Waals surface area contributed by atoms with Crippen LogP contribution in [0, 0.1) is 0 Å². The molecule has 3 aromatic rings. The highest BCUT2D eigenvalue weighted by atomic mass is 16.5. The van der Waals surface area contributed by atoms with Crippen LogP contribution < -0.4 is 4.74 Å². The van der Waals surface area contributed by atoms with E-state index in [0.717, 1.165) is 31.7 Å². The second kappa shape index (κ2) is 9.88. The zero-order chi connectivity index (χ0) is 22.6. The van der Waals surface area contributed by atoms with E-state index in [1.54, 1.807) is 18.2 Å². The lowest BCUT2D eigenvalue weighted by Crippen LogP contribution is -2.33. The molecule has 3 aromatic carbocycles. The van der Waals surface area contributed by atoms with E-state index < -0.39 is 0 Å². The van der Waals surface area contributed by atoms with Gasteiger partial charge in [0, 0.05) is 18.4 Å². The Labute approximate surface area is 196 Å². The topological polar surface area (TPSA) is 52.9 Å². The number of hydrogen-bond donors (Lipinski definition) is 2. The molecule has 1 aliphatic heterocycles.